The van der Waals surface area contributed by atoms with E-state index in [-0.39, 0.29) is 0 Å². The number of aryl methyl sites for hydroxylation is 1. The van der Waals surface area contributed by atoms with Gasteiger partial charge >= 0.3 is 0 Å². The number of allylic oxidation sites excluding steroid dienone is 3. The van der Waals surface area contributed by atoms with Crippen LogP contribution in [0.2, 0.25) is 0 Å². The zero-order valence-electron chi connectivity index (χ0n) is 8.38. The summed E-state index contributed by atoms with van der Waals surface area (Å²) in [7, 11) is 1.91. The fraction of sp³-hybridized carbons (Fsp3) is 0.273. The summed E-state index contributed by atoms with van der Waals surface area (Å²) in [5.41, 5.74) is 1.88. The van der Waals surface area contributed by atoms with Gasteiger partial charge in [-0.2, -0.15) is 5.10 Å². The summed E-state index contributed by atoms with van der Waals surface area (Å²) in [5, 5.41) is 4.32. The molecule has 1 atom stereocenters. The predicted octanol–water partition coefficient (Wildman–Crippen LogP) is 2.04. The van der Waals surface area contributed by atoms with Gasteiger partial charge in [-0.15, -0.1) is 0 Å². The van der Waals surface area contributed by atoms with Crippen molar-refractivity contribution in [1.82, 2.24) is 9.78 Å². The van der Waals surface area contributed by atoms with E-state index in [1.165, 1.54) is 0 Å². The van der Waals surface area contributed by atoms with Crippen molar-refractivity contribution in [3.05, 3.63) is 36.2 Å². The topological polar surface area (TPSA) is 30.2 Å². The van der Waals surface area contributed by atoms with Crippen LogP contribution >= 0.6 is 0 Å². The van der Waals surface area contributed by atoms with Gasteiger partial charge < -0.3 is 0 Å². The molecule has 0 unspecified atom stereocenters. The molecule has 2 rings (SSSR count). The Morgan fingerprint density at radius 2 is 2.29 bits per heavy atom. The Balaban J connectivity index is 2.34. The van der Waals surface area contributed by atoms with Gasteiger partial charge in [0.25, 0.3) is 0 Å². The normalized spacial score (nSPS) is 20.7. The number of aromatic nitrogens is 2. The van der Waals surface area contributed by atoms with Gasteiger partial charge in [-0.25, -0.2) is 0 Å². The van der Waals surface area contributed by atoms with E-state index >= 15 is 0 Å². The minimum absolute atomic E-state index is 0.412. The summed E-state index contributed by atoms with van der Waals surface area (Å²) >= 11 is 0. The average Bonchev–Trinajstić information content (AvgIpc) is 2.45. The van der Waals surface area contributed by atoms with Crippen molar-refractivity contribution >= 4 is 11.9 Å². The second-order valence-electron chi connectivity index (χ2n) is 3.45. The number of nitrogens with zero attached hydrogens (tertiary/aromatic N) is 3. The van der Waals surface area contributed by atoms with Gasteiger partial charge in [0, 0.05) is 19.5 Å². The zero-order valence-corrected chi connectivity index (χ0v) is 8.38. The van der Waals surface area contributed by atoms with Crippen LogP contribution in [0, 0.1) is 5.92 Å². The highest BCUT2D eigenvalue weighted by Crippen LogP contribution is 2.18. The van der Waals surface area contributed by atoms with E-state index in [1.807, 2.05) is 31.6 Å². The number of aliphatic imine (C=N–C) groups is 1. The molecule has 1 aliphatic heterocycles. The van der Waals surface area contributed by atoms with E-state index < -0.39 is 0 Å². The first kappa shape index (κ1) is 8.94. The Kier molecular flexibility index (Phi) is 2.31. The van der Waals surface area contributed by atoms with E-state index in [0.29, 0.717) is 5.92 Å². The van der Waals surface area contributed by atoms with Crippen molar-refractivity contribution in [3.8, 4) is 0 Å². The van der Waals surface area contributed by atoms with Crippen molar-refractivity contribution in [2.45, 2.75) is 6.92 Å². The second kappa shape index (κ2) is 3.62. The molecule has 1 aliphatic rings. The van der Waals surface area contributed by atoms with Crippen molar-refractivity contribution in [1.29, 1.82) is 0 Å². The molecule has 0 amide bonds. The molecular formula is C11H13N3. The minimum Gasteiger partial charge on any atom is -0.275 e. The summed E-state index contributed by atoms with van der Waals surface area (Å²) in [4.78, 5) is 4.33. The van der Waals surface area contributed by atoms with Crippen LogP contribution in [0.25, 0.3) is 5.70 Å². The van der Waals surface area contributed by atoms with Crippen LogP contribution in [0.1, 0.15) is 12.6 Å². The summed E-state index contributed by atoms with van der Waals surface area (Å²) in [6.45, 7) is 2.13. The summed E-state index contributed by atoms with van der Waals surface area (Å²) in [6.07, 6.45) is 9.93. The Morgan fingerprint density at radius 3 is 3.00 bits per heavy atom. The maximum atomic E-state index is 4.33. The lowest BCUT2D eigenvalue weighted by Gasteiger charge is -1.98. The number of rotatable bonds is 1. The highest BCUT2D eigenvalue weighted by molar-refractivity contribution is 5.80. The van der Waals surface area contributed by atoms with E-state index in [4.69, 9.17) is 0 Å². The average molecular weight is 187 g/mol. The zero-order chi connectivity index (χ0) is 9.97. The van der Waals surface area contributed by atoms with Crippen molar-refractivity contribution < 1.29 is 0 Å². The maximum absolute atomic E-state index is 4.33. The van der Waals surface area contributed by atoms with Gasteiger partial charge in [0.05, 0.1) is 5.70 Å². The molecular weight excluding hydrogens is 174 g/mol. The fourth-order valence-corrected chi connectivity index (χ4v) is 1.40. The first-order chi connectivity index (χ1) is 6.75. The fourth-order valence-electron chi connectivity index (χ4n) is 1.40. The molecule has 0 saturated carbocycles. The molecule has 1 aromatic rings. The van der Waals surface area contributed by atoms with Gasteiger partial charge in [-0.3, -0.25) is 9.67 Å². The Hall–Kier alpha value is -1.64. The molecule has 0 fully saturated rings. The molecule has 0 radical (unpaired) electrons. The SMILES string of the molecule is C[C@@H]1C=CC=NC(c2ccn(C)n2)=C1. The molecule has 0 aromatic carbocycles. The molecule has 0 saturated heterocycles. The summed E-state index contributed by atoms with van der Waals surface area (Å²) in [6, 6.07) is 1.97. The lowest BCUT2D eigenvalue weighted by Crippen LogP contribution is -1.91. The lowest BCUT2D eigenvalue weighted by atomic mass is 10.1. The minimum atomic E-state index is 0.412. The van der Waals surface area contributed by atoms with E-state index in [2.05, 4.69) is 29.2 Å². The van der Waals surface area contributed by atoms with Gasteiger partial charge in [0.15, 0.2) is 0 Å². The van der Waals surface area contributed by atoms with E-state index in [9.17, 15) is 0 Å². The molecule has 0 aliphatic carbocycles. The quantitative estimate of drug-likeness (QED) is 0.661. The van der Waals surface area contributed by atoms with Crippen molar-refractivity contribution in [2.24, 2.45) is 18.0 Å². The van der Waals surface area contributed by atoms with Gasteiger partial charge in [0.2, 0.25) is 0 Å². The lowest BCUT2D eigenvalue weighted by molar-refractivity contribution is 0.762. The number of hydrogen-bond donors (Lipinski definition) is 0. The first-order valence-electron chi connectivity index (χ1n) is 4.68. The van der Waals surface area contributed by atoms with Crippen molar-refractivity contribution in [3.63, 3.8) is 0 Å². The molecule has 2 heterocycles. The van der Waals surface area contributed by atoms with Gasteiger partial charge in [0.1, 0.15) is 5.69 Å². The number of hydrogen-bond acceptors (Lipinski definition) is 2. The Bertz CT molecular complexity index is 410. The molecule has 0 N–H and O–H groups in total. The first-order valence-corrected chi connectivity index (χ1v) is 4.68. The van der Waals surface area contributed by atoms with Gasteiger partial charge in [-0.05, 0) is 24.1 Å². The van der Waals surface area contributed by atoms with E-state index in [0.717, 1.165) is 11.4 Å². The predicted molar refractivity (Wildman–Crippen MR) is 58.0 cm³/mol. The van der Waals surface area contributed by atoms with Crippen LogP contribution in [0.4, 0.5) is 0 Å². The molecule has 1 aromatic heterocycles. The van der Waals surface area contributed by atoms with Crippen LogP contribution in [0.5, 0.6) is 0 Å². The molecule has 0 bridgehead atoms. The highest BCUT2D eigenvalue weighted by Gasteiger charge is 2.05. The Morgan fingerprint density at radius 1 is 1.43 bits per heavy atom. The highest BCUT2D eigenvalue weighted by atomic mass is 15.3. The molecule has 14 heavy (non-hydrogen) atoms. The Labute approximate surface area is 83.5 Å². The summed E-state index contributed by atoms with van der Waals surface area (Å²) < 4.78 is 1.79. The maximum Gasteiger partial charge on any atom is 0.110 e. The van der Waals surface area contributed by atoms with Gasteiger partial charge in [-0.1, -0.05) is 13.0 Å². The van der Waals surface area contributed by atoms with Crippen LogP contribution < -0.4 is 0 Å². The molecule has 3 heteroatoms. The molecule has 3 nitrogen and oxygen atoms in total. The van der Waals surface area contributed by atoms with Crippen LogP contribution in [0.15, 0.2) is 35.5 Å². The van der Waals surface area contributed by atoms with Crippen LogP contribution in [-0.2, 0) is 7.05 Å². The smallest absolute Gasteiger partial charge is 0.110 e. The third-order valence-corrected chi connectivity index (χ3v) is 2.11. The monoisotopic (exact) mass is 187 g/mol. The summed E-state index contributed by atoms with van der Waals surface area (Å²) in [5.74, 6) is 0.412. The third kappa shape index (κ3) is 1.82. The molecule has 0 spiro atoms. The van der Waals surface area contributed by atoms with Crippen LogP contribution in [-0.4, -0.2) is 16.0 Å². The van der Waals surface area contributed by atoms with Crippen molar-refractivity contribution in [2.75, 3.05) is 0 Å². The standard InChI is InChI=1S/C11H13N3/c1-9-4-3-6-12-11(8-9)10-5-7-14(2)13-10/h3-9H,1-2H3/t9-/m1/s1. The second-order valence-corrected chi connectivity index (χ2v) is 3.45. The third-order valence-electron chi connectivity index (χ3n) is 2.11. The van der Waals surface area contributed by atoms with E-state index in [1.54, 1.807) is 4.68 Å². The molecule has 72 valence electrons. The largest absolute Gasteiger partial charge is 0.275 e. The van der Waals surface area contributed by atoms with Crippen LogP contribution in [0.3, 0.4) is 0 Å².